The zero-order chi connectivity index (χ0) is 21.8. The topological polar surface area (TPSA) is 93.8 Å². The molecule has 0 saturated carbocycles. The zero-order valence-electron chi connectivity index (χ0n) is 16.2. The van der Waals surface area contributed by atoms with Crippen LogP contribution in [-0.2, 0) is 0 Å². The standard InChI is InChI=1S/C18H10ClF2N5O2.C2H6/c1-8-25-13-3-10(19)9(2-15(13)28-8)14-6-24-16(7-23-14)26-18(27)17-11(20)4-22-5-12(17)21;1-2/h2-7H,1H3,(H,24,26,27);1-2H3. The largest absolute Gasteiger partial charge is 0.441 e. The molecule has 4 rings (SSSR count). The van der Waals surface area contributed by atoms with Crippen LogP contribution in [0.3, 0.4) is 0 Å². The molecule has 0 radical (unpaired) electrons. The molecule has 0 unspecified atom stereocenters. The van der Waals surface area contributed by atoms with Gasteiger partial charge in [-0.3, -0.25) is 14.8 Å². The molecule has 154 valence electrons. The highest BCUT2D eigenvalue weighted by Crippen LogP contribution is 2.31. The highest BCUT2D eigenvalue weighted by atomic mass is 35.5. The van der Waals surface area contributed by atoms with Gasteiger partial charge in [0, 0.05) is 12.5 Å². The number of nitrogens with zero attached hydrogens (tertiary/aromatic N) is 4. The lowest BCUT2D eigenvalue weighted by Crippen LogP contribution is -2.17. The van der Waals surface area contributed by atoms with Gasteiger partial charge < -0.3 is 9.73 Å². The van der Waals surface area contributed by atoms with E-state index in [1.54, 1.807) is 19.1 Å². The van der Waals surface area contributed by atoms with Gasteiger partial charge in [-0.05, 0) is 12.1 Å². The summed E-state index contributed by atoms with van der Waals surface area (Å²) in [5.74, 6) is -2.65. The highest BCUT2D eigenvalue weighted by molar-refractivity contribution is 6.34. The van der Waals surface area contributed by atoms with Gasteiger partial charge in [0.2, 0.25) is 0 Å². The van der Waals surface area contributed by atoms with Gasteiger partial charge >= 0.3 is 0 Å². The molecule has 4 aromatic rings. The molecule has 0 bridgehead atoms. The number of aryl methyl sites for hydroxylation is 1. The smallest absolute Gasteiger partial charge is 0.262 e. The number of fused-ring (bicyclic) bond motifs is 1. The molecule has 0 aliphatic carbocycles. The Morgan fingerprint density at radius 2 is 1.77 bits per heavy atom. The van der Waals surface area contributed by atoms with Crippen LogP contribution in [0.25, 0.3) is 22.4 Å². The molecule has 1 aromatic carbocycles. The van der Waals surface area contributed by atoms with E-state index in [0.29, 0.717) is 33.3 Å². The van der Waals surface area contributed by atoms with Gasteiger partial charge in [-0.1, -0.05) is 25.4 Å². The SMILES string of the molecule is CC.Cc1nc2cc(Cl)c(-c3cnc(NC(=O)c4c(F)cncc4F)cn3)cc2o1. The van der Waals surface area contributed by atoms with E-state index in [4.69, 9.17) is 16.0 Å². The second-order valence-electron chi connectivity index (χ2n) is 5.75. The summed E-state index contributed by atoms with van der Waals surface area (Å²) in [6.07, 6.45) is 4.10. The van der Waals surface area contributed by atoms with Crippen LogP contribution in [0.15, 0.2) is 41.3 Å². The second kappa shape index (κ2) is 8.91. The van der Waals surface area contributed by atoms with Gasteiger partial charge in [-0.15, -0.1) is 0 Å². The van der Waals surface area contributed by atoms with E-state index in [1.165, 1.54) is 12.4 Å². The van der Waals surface area contributed by atoms with Crippen LogP contribution in [0, 0.1) is 18.6 Å². The Morgan fingerprint density at radius 3 is 2.40 bits per heavy atom. The molecule has 1 amide bonds. The van der Waals surface area contributed by atoms with Crippen LogP contribution in [0.2, 0.25) is 5.02 Å². The van der Waals surface area contributed by atoms with Crippen LogP contribution in [0.4, 0.5) is 14.6 Å². The van der Waals surface area contributed by atoms with Gasteiger partial charge in [0.1, 0.15) is 11.1 Å². The van der Waals surface area contributed by atoms with Crippen molar-refractivity contribution in [3.63, 3.8) is 0 Å². The first kappa shape index (κ1) is 21.3. The molecule has 0 atom stereocenters. The van der Waals surface area contributed by atoms with Crippen LogP contribution < -0.4 is 5.32 Å². The van der Waals surface area contributed by atoms with Gasteiger partial charge in [0.05, 0.1) is 35.5 Å². The Bertz CT molecular complexity index is 1190. The third kappa shape index (κ3) is 4.25. The molecule has 3 aromatic heterocycles. The maximum absolute atomic E-state index is 13.6. The minimum absolute atomic E-state index is 0.0112. The van der Waals surface area contributed by atoms with Crippen molar-refractivity contribution in [1.29, 1.82) is 0 Å². The summed E-state index contributed by atoms with van der Waals surface area (Å²) in [6.45, 7) is 5.72. The maximum atomic E-state index is 13.6. The molecule has 10 heteroatoms. The van der Waals surface area contributed by atoms with Gasteiger partial charge in [0.15, 0.2) is 28.9 Å². The lowest BCUT2D eigenvalue weighted by molar-refractivity contribution is 0.101. The second-order valence-corrected chi connectivity index (χ2v) is 6.16. The number of amides is 1. The minimum atomic E-state index is -1.08. The Morgan fingerprint density at radius 1 is 1.07 bits per heavy atom. The van der Waals surface area contributed by atoms with E-state index in [1.807, 2.05) is 13.8 Å². The first-order valence-electron chi connectivity index (χ1n) is 8.92. The lowest BCUT2D eigenvalue weighted by atomic mass is 10.1. The molecule has 0 spiro atoms. The average Bonchev–Trinajstić information content (AvgIpc) is 3.08. The van der Waals surface area contributed by atoms with E-state index < -0.39 is 23.1 Å². The number of hydrogen-bond donors (Lipinski definition) is 1. The third-order valence-corrected chi connectivity index (χ3v) is 4.15. The molecule has 1 N–H and O–H groups in total. The number of oxazole rings is 1. The summed E-state index contributed by atoms with van der Waals surface area (Å²) in [5.41, 5.74) is 1.38. The van der Waals surface area contributed by atoms with Crippen molar-refractivity contribution in [2.24, 2.45) is 0 Å². The minimum Gasteiger partial charge on any atom is -0.441 e. The molecule has 0 saturated heterocycles. The van der Waals surface area contributed by atoms with Crippen LogP contribution in [0.1, 0.15) is 30.1 Å². The highest BCUT2D eigenvalue weighted by Gasteiger charge is 2.18. The first-order valence-corrected chi connectivity index (χ1v) is 9.29. The van der Waals surface area contributed by atoms with Gasteiger partial charge in [-0.2, -0.15) is 0 Å². The summed E-state index contributed by atoms with van der Waals surface area (Å²) in [6, 6.07) is 3.33. The number of hydrogen-bond acceptors (Lipinski definition) is 6. The number of nitrogens with one attached hydrogen (secondary N) is 1. The quantitative estimate of drug-likeness (QED) is 0.479. The van der Waals surface area contributed by atoms with Crippen molar-refractivity contribution in [2.75, 3.05) is 5.32 Å². The molecule has 7 nitrogen and oxygen atoms in total. The number of carbonyl (C=O) groups is 1. The Balaban J connectivity index is 0.00000124. The number of anilines is 1. The fourth-order valence-electron chi connectivity index (χ4n) is 2.60. The summed E-state index contributed by atoms with van der Waals surface area (Å²) in [5, 5.41) is 2.68. The summed E-state index contributed by atoms with van der Waals surface area (Å²) < 4.78 is 32.8. The van der Waals surface area contributed by atoms with Crippen molar-refractivity contribution in [2.45, 2.75) is 20.8 Å². The molecule has 0 aliphatic heterocycles. The van der Waals surface area contributed by atoms with E-state index in [-0.39, 0.29) is 5.82 Å². The zero-order valence-corrected chi connectivity index (χ0v) is 17.0. The van der Waals surface area contributed by atoms with Crippen molar-refractivity contribution >= 4 is 34.4 Å². The maximum Gasteiger partial charge on any atom is 0.262 e. The van der Waals surface area contributed by atoms with Crippen molar-refractivity contribution < 1.29 is 18.0 Å². The van der Waals surface area contributed by atoms with E-state index in [2.05, 4.69) is 25.3 Å². The number of rotatable bonds is 3. The number of halogens is 3. The first-order chi connectivity index (χ1) is 14.4. The molecule has 0 aliphatic rings. The fourth-order valence-corrected chi connectivity index (χ4v) is 2.85. The summed E-state index contributed by atoms with van der Waals surface area (Å²) in [4.78, 5) is 27.9. The predicted molar refractivity (Wildman–Crippen MR) is 108 cm³/mol. The molecular weight excluding hydrogens is 416 g/mol. The van der Waals surface area contributed by atoms with E-state index in [0.717, 1.165) is 12.4 Å². The molecule has 0 fully saturated rings. The number of benzene rings is 1. The van der Waals surface area contributed by atoms with Crippen molar-refractivity contribution in [3.8, 4) is 11.3 Å². The lowest BCUT2D eigenvalue weighted by Gasteiger charge is -2.07. The molecule has 30 heavy (non-hydrogen) atoms. The Kier molecular flexibility index (Phi) is 6.31. The van der Waals surface area contributed by atoms with Gasteiger partial charge in [0.25, 0.3) is 5.91 Å². The number of carbonyl (C=O) groups excluding carboxylic acids is 1. The summed E-state index contributed by atoms with van der Waals surface area (Å²) >= 11 is 6.28. The van der Waals surface area contributed by atoms with Crippen LogP contribution in [0.5, 0.6) is 0 Å². The van der Waals surface area contributed by atoms with Crippen molar-refractivity contribution in [3.05, 3.63) is 65.0 Å². The predicted octanol–water partition coefficient (Wildman–Crippen LogP) is 5.20. The van der Waals surface area contributed by atoms with E-state index in [9.17, 15) is 13.6 Å². The summed E-state index contributed by atoms with van der Waals surface area (Å²) in [7, 11) is 0. The molecular formula is C20H16ClF2N5O2. The van der Waals surface area contributed by atoms with Gasteiger partial charge in [-0.25, -0.2) is 18.7 Å². The van der Waals surface area contributed by atoms with Crippen LogP contribution >= 0.6 is 11.6 Å². The monoisotopic (exact) mass is 431 g/mol. The van der Waals surface area contributed by atoms with Crippen molar-refractivity contribution in [1.82, 2.24) is 19.9 Å². The fraction of sp³-hybridized carbons (Fsp3) is 0.150. The average molecular weight is 432 g/mol. The number of pyridine rings is 1. The Labute approximate surface area is 175 Å². The Hall–Kier alpha value is -3.46. The molecule has 3 heterocycles. The number of aromatic nitrogens is 4. The third-order valence-electron chi connectivity index (χ3n) is 3.83. The van der Waals surface area contributed by atoms with Crippen LogP contribution in [-0.4, -0.2) is 25.8 Å². The van der Waals surface area contributed by atoms with E-state index >= 15 is 0 Å². The normalized spacial score (nSPS) is 10.5.